The van der Waals surface area contributed by atoms with E-state index in [1.165, 1.54) is 7.11 Å². The van der Waals surface area contributed by atoms with Gasteiger partial charge in [-0.2, -0.15) is 0 Å². The highest BCUT2D eigenvalue weighted by Gasteiger charge is 2.45. The number of aliphatic hydroxyl groups excluding tert-OH is 4. The van der Waals surface area contributed by atoms with Gasteiger partial charge in [0.1, 0.15) is 41.8 Å². The normalized spacial score (nSPS) is 22.0. The molecule has 0 saturated carbocycles. The first kappa shape index (κ1) is 40.1. The van der Waals surface area contributed by atoms with Gasteiger partial charge in [0.15, 0.2) is 0 Å². The van der Waals surface area contributed by atoms with Gasteiger partial charge in [0, 0.05) is 17.6 Å². The molecule has 3 rings (SSSR count). The lowest BCUT2D eigenvalue weighted by Gasteiger charge is -2.40. The molecule has 0 radical (unpaired) electrons. The van der Waals surface area contributed by atoms with Gasteiger partial charge in [0.2, 0.25) is 11.8 Å². The molecule has 2 aromatic rings. The van der Waals surface area contributed by atoms with E-state index in [0.29, 0.717) is 17.7 Å². The minimum absolute atomic E-state index is 0.146. The van der Waals surface area contributed by atoms with Crippen molar-refractivity contribution in [3.8, 4) is 5.75 Å². The van der Waals surface area contributed by atoms with Crippen LogP contribution in [0.4, 0.5) is 0 Å². The number of nitrogens with one attached hydrogen (secondary N) is 2. The fourth-order valence-corrected chi connectivity index (χ4v) is 5.74. The van der Waals surface area contributed by atoms with Crippen molar-refractivity contribution in [1.29, 1.82) is 0 Å². The quantitative estimate of drug-likeness (QED) is 0.167. The third kappa shape index (κ3) is 9.90. The molecule has 272 valence electrons. The van der Waals surface area contributed by atoms with Crippen molar-refractivity contribution in [3.63, 3.8) is 0 Å². The van der Waals surface area contributed by atoms with Gasteiger partial charge >= 0.3 is 0 Å². The lowest BCUT2D eigenvalue weighted by molar-refractivity contribution is -0.232. The van der Waals surface area contributed by atoms with Gasteiger partial charge in [-0.25, -0.2) is 0 Å². The van der Waals surface area contributed by atoms with Crippen molar-refractivity contribution in [2.45, 2.75) is 116 Å². The summed E-state index contributed by atoms with van der Waals surface area (Å²) in [6.45, 7) is 16.5. The molecule has 0 spiro atoms. The van der Waals surface area contributed by atoms with Gasteiger partial charge in [0.05, 0.1) is 19.1 Å². The predicted octanol–water partition coefficient (Wildman–Crippen LogP) is 3.02. The van der Waals surface area contributed by atoms with Gasteiger partial charge in [-0.1, -0.05) is 44.2 Å². The zero-order valence-electron chi connectivity index (χ0n) is 30.6. The zero-order chi connectivity index (χ0) is 37.1. The van der Waals surface area contributed by atoms with E-state index >= 15 is 0 Å². The number of methoxy groups -OCH3 is 1. The maximum Gasteiger partial charge on any atom is 0.245 e. The van der Waals surface area contributed by atoms with Gasteiger partial charge in [-0.3, -0.25) is 9.59 Å². The monoisotopic (exact) mass is 683 g/mol. The second-order valence-electron chi connectivity index (χ2n) is 15.4. The minimum atomic E-state index is -1.51. The summed E-state index contributed by atoms with van der Waals surface area (Å²) in [6, 6.07) is 9.89. The van der Waals surface area contributed by atoms with E-state index in [9.17, 15) is 30.0 Å². The van der Waals surface area contributed by atoms with Gasteiger partial charge < -0.3 is 46.3 Å². The maximum atomic E-state index is 13.3. The number of aliphatic hydroxyl groups is 4. The first-order chi connectivity index (χ1) is 22.6. The summed E-state index contributed by atoms with van der Waals surface area (Å²) in [5.74, 6) is 0.0136. The number of ether oxygens (including phenoxy) is 2. The Morgan fingerprint density at radius 3 is 2.18 bits per heavy atom. The highest BCUT2D eigenvalue weighted by molar-refractivity contribution is 5.93. The number of carbonyl (C=O) groups excluding carboxylic acids is 2. The Morgan fingerprint density at radius 1 is 0.980 bits per heavy atom. The van der Waals surface area contributed by atoms with E-state index in [4.69, 9.17) is 15.2 Å². The highest BCUT2D eigenvalue weighted by Crippen LogP contribution is 2.40. The van der Waals surface area contributed by atoms with Crippen molar-refractivity contribution >= 4 is 17.9 Å². The van der Waals surface area contributed by atoms with Crippen LogP contribution in [0.3, 0.4) is 0 Å². The molecule has 11 nitrogen and oxygen atoms in total. The lowest BCUT2D eigenvalue weighted by atomic mass is 9.85. The van der Waals surface area contributed by atoms with Gasteiger partial charge in [-0.15, -0.1) is 0 Å². The first-order valence-corrected chi connectivity index (χ1v) is 16.8. The first-order valence-electron chi connectivity index (χ1n) is 16.8. The fraction of sp³-hybridized carbons (Fsp3) is 0.579. The molecule has 8 N–H and O–H groups in total. The zero-order valence-corrected chi connectivity index (χ0v) is 30.6. The number of carbonyl (C=O) groups is 2. The van der Waals surface area contributed by atoms with E-state index in [1.807, 2.05) is 63.3 Å². The third-order valence-corrected chi connectivity index (χ3v) is 9.04. The Balaban J connectivity index is 1.85. The Kier molecular flexibility index (Phi) is 12.9. The van der Waals surface area contributed by atoms with E-state index < -0.39 is 53.6 Å². The lowest BCUT2D eigenvalue weighted by Crippen LogP contribution is -2.59. The van der Waals surface area contributed by atoms with Crippen LogP contribution in [0.15, 0.2) is 36.4 Å². The van der Waals surface area contributed by atoms with Gasteiger partial charge in [-0.05, 0) is 101 Å². The van der Waals surface area contributed by atoms with E-state index in [-0.39, 0.29) is 24.3 Å². The molecule has 0 unspecified atom stereocenters. The molecular weight excluding hydrogens is 626 g/mol. The minimum Gasteiger partial charge on any atom is -0.496 e. The molecule has 5 atom stereocenters. The molecule has 0 aliphatic carbocycles. The third-order valence-electron chi connectivity index (χ3n) is 9.04. The molecule has 0 bridgehead atoms. The number of aryl methyl sites for hydroxylation is 1. The average Bonchev–Trinajstić information content (AvgIpc) is 3.02. The van der Waals surface area contributed by atoms with Crippen molar-refractivity contribution in [2.24, 2.45) is 11.1 Å². The molecule has 1 aliphatic rings. The summed E-state index contributed by atoms with van der Waals surface area (Å²) in [5, 5.41) is 47.1. The molecule has 1 heterocycles. The predicted molar refractivity (Wildman–Crippen MR) is 190 cm³/mol. The second kappa shape index (κ2) is 15.7. The van der Waals surface area contributed by atoms with Crippen LogP contribution in [0.2, 0.25) is 0 Å². The topological polar surface area (TPSA) is 184 Å². The number of benzene rings is 2. The van der Waals surface area contributed by atoms with E-state index in [2.05, 4.69) is 24.5 Å². The number of nitrogens with two attached hydrogens (primary N) is 1. The number of amides is 2. The van der Waals surface area contributed by atoms with Crippen molar-refractivity contribution in [1.82, 2.24) is 10.6 Å². The molecule has 1 aliphatic heterocycles. The summed E-state index contributed by atoms with van der Waals surface area (Å²) in [4.78, 5) is 26.0. The summed E-state index contributed by atoms with van der Waals surface area (Å²) < 4.78 is 11.6. The molecule has 2 aromatic carbocycles. The number of hydrogen-bond acceptors (Lipinski definition) is 9. The largest absolute Gasteiger partial charge is 0.496 e. The van der Waals surface area contributed by atoms with Gasteiger partial charge in [0.25, 0.3) is 0 Å². The number of hydrogen-bond donors (Lipinski definition) is 7. The molecule has 49 heavy (non-hydrogen) atoms. The molecule has 1 fully saturated rings. The van der Waals surface area contributed by atoms with Crippen LogP contribution in [-0.2, 0) is 20.7 Å². The smallest absolute Gasteiger partial charge is 0.245 e. The van der Waals surface area contributed by atoms with Crippen LogP contribution < -0.4 is 21.1 Å². The van der Waals surface area contributed by atoms with Crippen molar-refractivity contribution < 1.29 is 39.5 Å². The van der Waals surface area contributed by atoms with Crippen LogP contribution in [0.25, 0.3) is 6.08 Å². The Morgan fingerprint density at radius 2 is 1.63 bits per heavy atom. The summed E-state index contributed by atoms with van der Waals surface area (Å²) >= 11 is 0. The molecule has 1 saturated heterocycles. The Bertz CT molecular complexity index is 1510. The maximum absolute atomic E-state index is 13.3. The fourth-order valence-electron chi connectivity index (χ4n) is 5.74. The average molecular weight is 684 g/mol. The summed E-state index contributed by atoms with van der Waals surface area (Å²) in [7, 11) is 1.52. The van der Waals surface area contributed by atoms with Crippen LogP contribution in [0.1, 0.15) is 101 Å². The van der Waals surface area contributed by atoms with E-state index in [1.54, 1.807) is 27.7 Å². The van der Waals surface area contributed by atoms with Crippen LogP contribution in [0, 0.1) is 12.3 Å². The summed E-state index contributed by atoms with van der Waals surface area (Å²) in [6.07, 6.45) is -2.20. The van der Waals surface area contributed by atoms with Crippen molar-refractivity contribution in [2.75, 3.05) is 20.3 Å². The summed E-state index contributed by atoms with van der Waals surface area (Å²) in [5.41, 5.74) is 8.91. The molecule has 0 aromatic heterocycles. The highest BCUT2D eigenvalue weighted by atomic mass is 16.5. The van der Waals surface area contributed by atoms with Crippen LogP contribution in [0.5, 0.6) is 5.75 Å². The molecule has 2 amide bonds. The SMILES string of the molecule is COc1cc(C(C)C)c(Cc2ccc(/C=C/C(C)(C)C(=O)NC(C)(C)C(=O)NCC(C)(C)N)cc2C)cc1[C@@H]1O[C@H](CO)[C@@H](O)[C@H](O)[C@H]1O. The Labute approximate surface area is 290 Å². The number of rotatable bonds is 13. The molecular formula is C38H57N3O8. The molecule has 11 heteroatoms. The Hall–Kier alpha value is -3.32. The second-order valence-corrected chi connectivity index (χ2v) is 15.4. The standard InChI is InChI=1S/C38H57N3O8/c1-21(2)26-18-28(48-10)27(33-32(45)31(44)30(43)29(19-42)49-33)17-25(26)16-24-12-11-23(15-22(24)3)13-14-36(4,5)34(46)41-38(8,9)35(47)40-20-37(6,7)39/h11-15,17-18,21,29-33,42-45H,16,19-20,39H2,1-10H3,(H,40,47)(H,41,46)/b14-13+/t29-,30-,31+,32-,33+/m1/s1. The van der Waals surface area contributed by atoms with Crippen LogP contribution in [-0.4, -0.2) is 88.0 Å². The van der Waals surface area contributed by atoms with E-state index in [0.717, 1.165) is 27.8 Å². The van der Waals surface area contributed by atoms with Crippen LogP contribution >= 0.6 is 0 Å². The van der Waals surface area contributed by atoms with Crippen molar-refractivity contribution in [3.05, 3.63) is 69.8 Å².